The molecule has 0 unspecified atom stereocenters. The number of fused-ring (bicyclic) bond motifs is 2. The molecule has 1 aromatic carbocycles. The fraction of sp³-hybridized carbons (Fsp3) is 0.708. The van der Waals surface area contributed by atoms with E-state index >= 15 is 0 Å². The van der Waals surface area contributed by atoms with Gasteiger partial charge < -0.3 is 15.1 Å². The van der Waals surface area contributed by atoms with Gasteiger partial charge in [-0.2, -0.15) is 0 Å². The topological polar surface area (TPSA) is 35.6 Å². The van der Waals surface area contributed by atoms with Gasteiger partial charge in [-0.05, 0) is 74.7 Å². The third kappa shape index (κ3) is 4.07. The highest BCUT2D eigenvalue weighted by Gasteiger charge is 2.45. The van der Waals surface area contributed by atoms with Gasteiger partial charge in [0.2, 0.25) is 0 Å². The third-order valence-corrected chi connectivity index (χ3v) is 7.18. The van der Waals surface area contributed by atoms with Gasteiger partial charge in [-0.1, -0.05) is 45.0 Å². The maximum absolute atomic E-state index is 12.7. The maximum atomic E-state index is 12.7. The van der Waals surface area contributed by atoms with Crippen LogP contribution in [0.1, 0.15) is 76.5 Å². The lowest BCUT2D eigenvalue weighted by atomic mass is 9.73. The van der Waals surface area contributed by atoms with Gasteiger partial charge in [-0.3, -0.25) is 0 Å². The Hall–Kier alpha value is -1.55. The maximum Gasteiger partial charge on any atom is 0.317 e. The molecule has 4 nitrogen and oxygen atoms in total. The largest absolute Gasteiger partial charge is 0.331 e. The molecule has 0 radical (unpaired) electrons. The van der Waals surface area contributed by atoms with Gasteiger partial charge in [0.05, 0.1) is 6.04 Å². The number of rotatable bonds is 3. The Balaban J connectivity index is 1.43. The van der Waals surface area contributed by atoms with E-state index in [0.717, 1.165) is 32.4 Å². The van der Waals surface area contributed by atoms with Crippen LogP contribution in [0.5, 0.6) is 0 Å². The van der Waals surface area contributed by atoms with Crippen LogP contribution in [0.2, 0.25) is 0 Å². The molecule has 0 saturated carbocycles. The molecular weight excluding hydrogens is 346 g/mol. The highest BCUT2D eigenvalue weighted by molar-refractivity contribution is 5.75. The molecule has 1 aromatic rings. The zero-order chi connectivity index (χ0) is 19.8. The van der Waals surface area contributed by atoms with E-state index in [0.29, 0.717) is 5.41 Å². The predicted molar refractivity (Wildman–Crippen MR) is 115 cm³/mol. The first-order valence-electron chi connectivity index (χ1n) is 11.2. The van der Waals surface area contributed by atoms with Crippen molar-refractivity contribution in [3.05, 3.63) is 35.4 Å². The zero-order valence-electron chi connectivity index (χ0n) is 18.0. The van der Waals surface area contributed by atoms with E-state index < -0.39 is 0 Å². The minimum atomic E-state index is 0.136. The summed E-state index contributed by atoms with van der Waals surface area (Å²) in [7, 11) is 0. The number of carbonyl (C=O) groups is 1. The molecular formula is C24H37N3O. The minimum Gasteiger partial charge on any atom is -0.331 e. The van der Waals surface area contributed by atoms with Crippen LogP contribution >= 0.6 is 0 Å². The first-order chi connectivity index (χ1) is 13.4. The van der Waals surface area contributed by atoms with Crippen molar-refractivity contribution in [1.29, 1.82) is 0 Å². The molecule has 1 aliphatic carbocycles. The summed E-state index contributed by atoms with van der Waals surface area (Å²) in [6.07, 6.45) is 7.03. The molecule has 28 heavy (non-hydrogen) atoms. The molecule has 1 atom stereocenters. The van der Waals surface area contributed by atoms with Crippen molar-refractivity contribution in [2.45, 2.75) is 70.8 Å². The number of hydrogen-bond donors (Lipinski definition) is 1. The van der Waals surface area contributed by atoms with Crippen molar-refractivity contribution in [2.24, 2.45) is 5.41 Å². The van der Waals surface area contributed by atoms with Gasteiger partial charge in [-0.25, -0.2) is 4.79 Å². The van der Waals surface area contributed by atoms with Crippen LogP contribution in [0.3, 0.4) is 0 Å². The first kappa shape index (κ1) is 19.8. The molecule has 1 spiro atoms. The average molecular weight is 384 g/mol. The molecule has 2 saturated heterocycles. The van der Waals surface area contributed by atoms with E-state index in [9.17, 15) is 4.79 Å². The van der Waals surface area contributed by atoms with Crippen LogP contribution in [0.4, 0.5) is 4.79 Å². The summed E-state index contributed by atoms with van der Waals surface area (Å²) in [6, 6.07) is 9.18. The first-order valence-corrected chi connectivity index (χ1v) is 11.2. The summed E-state index contributed by atoms with van der Waals surface area (Å²) in [4.78, 5) is 17.4. The Morgan fingerprint density at radius 3 is 2.46 bits per heavy atom. The summed E-state index contributed by atoms with van der Waals surface area (Å²) in [6.45, 7) is 12.4. The molecule has 2 amide bonds. The van der Waals surface area contributed by atoms with Crippen molar-refractivity contribution in [2.75, 3.05) is 32.7 Å². The van der Waals surface area contributed by atoms with Gasteiger partial charge in [0.1, 0.15) is 0 Å². The van der Waals surface area contributed by atoms with Crippen molar-refractivity contribution >= 4 is 6.03 Å². The smallest absolute Gasteiger partial charge is 0.317 e. The molecule has 1 N–H and O–H groups in total. The lowest BCUT2D eigenvalue weighted by Gasteiger charge is -2.41. The van der Waals surface area contributed by atoms with Crippen LogP contribution in [0.25, 0.3) is 0 Å². The SMILES string of the molecule is CC(C)(C)CCN1CCC2(CC1)C[C@H](NC(=O)N1CCCC1)c1ccccc12. The van der Waals surface area contributed by atoms with E-state index in [1.165, 1.54) is 50.0 Å². The molecule has 2 heterocycles. The van der Waals surface area contributed by atoms with Crippen molar-refractivity contribution in [3.63, 3.8) is 0 Å². The van der Waals surface area contributed by atoms with Gasteiger partial charge in [0.25, 0.3) is 0 Å². The summed E-state index contributed by atoms with van der Waals surface area (Å²) in [5, 5.41) is 3.38. The van der Waals surface area contributed by atoms with Gasteiger partial charge in [-0.15, -0.1) is 0 Å². The number of hydrogen-bond acceptors (Lipinski definition) is 2. The molecule has 3 aliphatic rings. The lowest BCUT2D eigenvalue weighted by molar-refractivity contribution is 0.137. The van der Waals surface area contributed by atoms with Crippen LogP contribution in [0, 0.1) is 5.41 Å². The number of urea groups is 1. The Morgan fingerprint density at radius 2 is 1.79 bits per heavy atom. The second-order valence-electron chi connectivity index (χ2n) is 10.4. The fourth-order valence-electron chi connectivity index (χ4n) is 5.36. The number of benzene rings is 1. The number of likely N-dealkylation sites (tertiary alicyclic amines) is 2. The van der Waals surface area contributed by atoms with Crippen molar-refractivity contribution in [3.8, 4) is 0 Å². The quantitative estimate of drug-likeness (QED) is 0.821. The van der Waals surface area contributed by atoms with Crippen LogP contribution < -0.4 is 5.32 Å². The van der Waals surface area contributed by atoms with Gasteiger partial charge in [0.15, 0.2) is 0 Å². The van der Waals surface area contributed by atoms with E-state index in [1.807, 2.05) is 4.90 Å². The Bertz CT molecular complexity index is 694. The monoisotopic (exact) mass is 383 g/mol. The van der Waals surface area contributed by atoms with E-state index in [-0.39, 0.29) is 17.5 Å². The molecule has 2 aliphatic heterocycles. The number of piperidine rings is 1. The zero-order valence-corrected chi connectivity index (χ0v) is 18.0. The number of amides is 2. The van der Waals surface area contributed by atoms with Gasteiger partial charge >= 0.3 is 6.03 Å². The highest BCUT2D eigenvalue weighted by atomic mass is 16.2. The summed E-state index contributed by atoms with van der Waals surface area (Å²) in [5.41, 5.74) is 3.51. The molecule has 4 rings (SSSR count). The fourth-order valence-corrected chi connectivity index (χ4v) is 5.36. The Labute approximate surface area is 170 Å². The highest BCUT2D eigenvalue weighted by Crippen LogP contribution is 2.50. The summed E-state index contributed by atoms with van der Waals surface area (Å²) < 4.78 is 0. The standard InChI is InChI=1S/C24H37N3O/c1-23(2,3)10-15-26-16-11-24(12-17-26)18-21(19-8-4-5-9-20(19)24)25-22(28)27-13-6-7-14-27/h4-5,8-9,21H,6-7,10-18H2,1-3H3,(H,25,28)/t21-/m0/s1. The van der Waals surface area contributed by atoms with E-state index in [2.05, 4.69) is 55.3 Å². The second-order valence-corrected chi connectivity index (χ2v) is 10.4. The van der Waals surface area contributed by atoms with E-state index in [1.54, 1.807) is 0 Å². The molecule has 0 aromatic heterocycles. The van der Waals surface area contributed by atoms with Crippen LogP contribution in [0.15, 0.2) is 24.3 Å². The minimum absolute atomic E-state index is 0.136. The van der Waals surface area contributed by atoms with Crippen molar-refractivity contribution < 1.29 is 4.79 Å². The second kappa shape index (κ2) is 7.70. The van der Waals surface area contributed by atoms with Crippen LogP contribution in [-0.4, -0.2) is 48.6 Å². The Kier molecular flexibility index (Phi) is 5.43. The van der Waals surface area contributed by atoms with Gasteiger partial charge in [0, 0.05) is 18.5 Å². The lowest BCUT2D eigenvalue weighted by Crippen LogP contribution is -2.43. The Morgan fingerprint density at radius 1 is 1.11 bits per heavy atom. The summed E-state index contributed by atoms with van der Waals surface area (Å²) >= 11 is 0. The van der Waals surface area contributed by atoms with Crippen molar-refractivity contribution in [1.82, 2.24) is 15.1 Å². The third-order valence-electron chi connectivity index (χ3n) is 7.18. The van der Waals surface area contributed by atoms with Crippen LogP contribution in [-0.2, 0) is 5.41 Å². The molecule has 4 heteroatoms. The predicted octanol–water partition coefficient (Wildman–Crippen LogP) is 4.71. The molecule has 0 bridgehead atoms. The summed E-state index contributed by atoms with van der Waals surface area (Å²) in [5.74, 6) is 0. The normalized spacial score (nSPS) is 24.5. The molecule has 2 fully saturated rings. The number of nitrogens with zero attached hydrogens (tertiary/aromatic N) is 2. The number of nitrogens with one attached hydrogen (secondary N) is 1. The molecule has 154 valence electrons. The number of carbonyl (C=O) groups excluding carboxylic acids is 1. The average Bonchev–Trinajstić information content (AvgIpc) is 3.29. The van der Waals surface area contributed by atoms with E-state index in [4.69, 9.17) is 0 Å².